The number of halogens is 2. The van der Waals surface area contributed by atoms with Gasteiger partial charge in [-0.25, -0.2) is 8.78 Å². The van der Waals surface area contributed by atoms with Gasteiger partial charge in [-0.15, -0.1) is 11.8 Å². The van der Waals surface area contributed by atoms with Gasteiger partial charge in [-0.05, 0) is 65.5 Å². The maximum atomic E-state index is 13.8. The number of amides is 1. The van der Waals surface area contributed by atoms with Crippen LogP contribution in [0.5, 0.6) is 0 Å². The summed E-state index contributed by atoms with van der Waals surface area (Å²) in [4.78, 5) is 12.0. The van der Waals surface area contributed by atoms with Gasteiger partial charge in [0.25, 0.3) is 0 Å². The van der Waals surface area contributed by atoms with Crippen LogP contribution in [0.3, 0.4) is 0 Å². The minimum Gasteiger partial charge on any atom is -0.390 e. The normalized spacial score (nSPS) is 21.9. The maximum absolute atomic E-state index is 13.8. The predicted molar refractivity (Wildman–Crippen MR) is 149 cm³/mol. The van der Waals surface area contributed by atoms with Crippen LogP contribution in [0.2, 0.25) is 0 Å². The molecule has 1 aliphatic carbocycles. The Balaban J connectivity index is 1.41. The largest absolute Gasteiger partial charge is 0.390 e. The molecule has 3 aromatic rings. The van der Waals surface area contributed by atoms with Gasteiger partial charge < -0.3 is 15.7 Å². The topological polar surface area (TPSA) is 79.2 Å². The number of aliphatic hydroxyl groups excluding tert-OH is 1. The second-order valence-corrected chi connectivity index (χ2v) is 11.6. The third-order valence-corrected chi connectivity index (χ3v) is 8.60. The van der Waals surface area contributed by atoms with Crippen LogP contribution in [0.1, 0.15) is 47.2 Å². The van der Waals surface area contributed by atoms with Crippen LogP contribution in [0, 0.1) is 11.6 Å². The highest BCUT2D eigenvalue weighted by Crippen LogP contribution is 2.38. The van der Waals surface area contributed by atoms with Gasteiger partial charge in [0.05, 0.1) is 17.8 Å². The van der Waals surface area contributed by atoms with Crippen molar-refractivity contribution in [1.29, 1.82) is 0 Å². The van der Waals surface area contributed by atoms with E-state index in [1.54, 1.807) is 0 Å². The van der Waals surface area contributed by atoms with Crippen molar-refractivity contribution in [2.45, 2.75) is 56.2 Å². The zero-order valence-corrected chi connectivity index (χ0v) is 23.0. The number of fused-ring (bicyclic) bond motifs is 1. The van der Waals surface area contributed by atoms with Crippen molar-refractivity contribution in [2.75, 3.05) is 12.3 Å². The third-order valence-electron chi connectivity index (χ3n) is 7.70. The number of aryl methyl sites for hydroxylation is 2. The summed E-state index contributed by atoms with van der Waals surface area (Å²) in [6.07, 6.45) is 5.69. The first-order valence-electron chi connectivity index (χ1n) is 13.3. The summed E-state index contributed by atoms with van der Waals surface area (Å²) >= 11 is 1.81. The van der Waals surface area contributed by atoms with Crippen LogP contribution in [-0.2, 0) is 36.6 Å². The van der Waals surface area contributed by atoms with Crippen LogP contribution in [0.25, 0.3) is 0 Å². The molecule has 0 saturated heterocycles. The molecule has 5 rings (SSSR count). The van der Waals surface area contributed by atoms with Gasteiger partial charge >= 0.3 is 0 Å². The molecule has 0 fully saturated rings. The Bertz CT molecular complexity index is 1360. The van der Waals surface area contributed by atoms with Gasteiger partial charge in [0.15, 0.2) is 0 Å². The Labute approximate surface area is 231 Å². The zero-order valence-electron chi connectivity index (χ0n) is 22.2. The molecule has 1 amide bonds. The fraction of sp³-hybridized carbons (Fsp3) is 0.400. The van der Waals surface area contributed by atoms with Crippen molar-refractivity contribution < 1.29 is 18.7 Å². The second-order valence-electron chi connectivity index (χ2n) is 10.7. The molecular formula is C30H34F2N4O2S. The molecule has 2 aromatic carbocycles. The summed E-state index contributed by atoms with van der Waals surface area (Å²) in [7, 11) is 1.93. The van der Waals surface area contributed by atoms with Gasteiger partial charge in [0, 0.05) is 50.0 Å². The minimum absolute atomic E-state index is 0.0953. The number of carbonyl (C=O) groups excluding carboxylic acids is 1. The van der Waals surface area contributed by atoms with Crippen LogP contribution in [0.15, 0.2) is 60.1 Å². The lowest BCUT2D eigenvalue weighted by Gasteiger charge is -2.40. The van der Waals surface area contributed by atoms with E-state index in [-0.39, 0.29) is 18.9 Å². The standard InChI is InChI=1S/C30H34F2N4O2S/c1-19(37)34-28(12-20-10-25(31)14-26(32)11-20)29(38)16-33-30(8-6-27-23(15-30)17-36(2)35-27)24-5-3-4-21(13-24)22-7-9-39-18-22/h3-5,7,9-11,13-14,17,22,28-29,33,38H,6,8,12,15-16,18H2,1-2H3,(H,34,37). The number of hydrogen-bond donors (Lipinski definition) is 3. The molecule has 2 heterocycles. The van der Waals surface area contributed by atoms with Crippen molar-refractivity contribution in [3.8, 4) is 0 Å². The summed E-state index contributed by atoms with van der Waals surface area (Å²) in [5.74, 6) is -0.315. The summed E-state index contributed by atoms with van der Waals surface area (Å²) < 4.78 is 29.5. The van der Waals surface area contributed by atoms with Gasteiger partial charge in [0.1, 0.15) is 11.6 Å². The quantitative estimate of drug-likeness (QED) is 0.372. The number of thioether (sulfide) groups is 1. The number of allylic oxidation sites excluding steroid dienone is 1. The molecular weight excluding hydrogens is 518 g/mol. The third kappa shape index (κ3) is 6.42. The minimum atomic E-state index is -0.996. The smallest absolute Gasteiger partial charge is 0.217 e. The summed E-state index contributed by atoms with van der Waals surface area (Å²) in [5, 5.41) is 24.5. The first-order valence-corrected chi connectivity index (χ1v) is 14.3. The Kier molecular flexibility index (Phi) is 8.21. The average molecular weight is 553 g/mol. The Morgan fingerprint density at radius 2 is 2.05 bits per heavy atom. The van der Waals surface area contributed by atoms with E-state index in [0.717, 1.165) is 35.9 Å². The summed E-state index contributed by atoms with van der Waals surface area (Å²) in [6, 6.07) is 11.2. The van der Waals surface area contributed by atoms with E-state index < -0.39 is 29.3 Å². The molecule has 206 valence electrons. The number of nitrogens with one attached hydrogen (secondary N) is 2. The number of hydrogen-bond acceptors (Lipinski definition) is 5. The highest BCUT2D eigenvalue weighted by atomic mass is 32.2. The fourth-order valence-electron chi connectivity index (χ4n) is 5.80. The SMILES string of the molecule is CC(=O)NC(Cc1cc(F)cc(F)c1)C(O)CNC1(c2cccc(C3C=CSC3)c2)CCc2nn(C)cc2C1. The molecule has 6 nitrogen and oxygen atoms in total. The lowest BCUT2D eigenvalue weighted by Crippen LogP contribution is -2.54. The molecule has 0 saturated carbocycles. The van der Waals surface area contributed by atoms with Crippen LogP contribution in [-0.4, -0.2) is 45.2 Å². The Morgan fingerprint density at radius 3 is 2.77 bits per heavy atom. The highest BCUT2D eigenvalue weighted by molar-refractivity contribution is 8.02. The molecule has 2 aliphatic rings. The maximum Gasteiger partial charge on any atom is 0.217 e. The van der Waals surface area contributed by atoms with Gasteiger partial charge in [-0.3, -0.25) is 9.48 Å². The van der Waals surface area contributed by atoms with Crippen LogP contribution < -0.4 is 10.6 Å². The van der Waals surface area contributed by atoms with E-state index in [2.05, 4.69) is 57.7 Å². The molecule has 1 aliphatic heterocycles. The average Bonchev–Trinajstić information content (AvgIpc) is 3.55. The van der Waals surface area contributed by atoms with E-state index in [4.69, 9.17) is 0 Å². The lowest BCUT2D eigenvalue weighted by atomic mass is 9.75. The van der Waals surface area contributed by atoms with Crippen molar-refractivity contribution in [2.24, 2.45) is 7.05 Å². The van der Waals surface area contributed by atoms with Gasteiger partial charge in [-0.1, -0.05) is 30.3 Å². The van der Waals surface area contributed by atoms with E-state index in [1.807, 2.05) is 23.5 Å². The molecule has 0 spiro atoms. The molecule has 3 N–H and O–H groups in total. The van der Waals surface area contributed by atoms with Crippen molar-refractivity contribution in [1.82, 2.24) is 20.4 Å². The van der Waals surface area contributed by atoms with Gasteiger partial charge in [-0.2, -0.15) is 5.10 Å². The number of benzene rings is 2. The molecule has 39 heavy (non-hydrogen) atoms. The van der Waals surface area contributed by atoms with E-state index in [0.29, 0.717) is 17.9 Å². The van der Waals surface area contributed by atoms with E-state index in [1.165, 1.54) is 30.2 Å². The molecule has 4 atom stereocenters. The Hall–Kier alpha value is -3.01. The van der Waals surface area contributed by atoms with Gasteiger partial charge in [0.2, 0.25) is 5.91 Å². The first-order chi connectivity index (χ1) is 18.7. The van der Waals surface area contributed by atoms with Crippen LogP contribution in [0.4, 0.5) is 8.78 Å². The molecule has 0 radical (unpaired) electrons. The number of nitrogens with zero attached hydrogens (tertiary/aromatic N) is 2. The summed E-state index contributed by atoms with van der Waals surface area (Å²) in [6.45, 7) is 1.55. The molecule has 4 unspecified atom stereocenters. The van der Waals surface area contributed by atoms with Crippen molar-refractivity contribution in [3.63, 3.8) is 0 Å². The number of aliphatic hydroxyl groups is 1. The monoisotopic (exact) mass is 552 g/mol. The highest BCUT2D eigenvalue weighted by Gasteiger charge is 2.38. The number of rotatable bonds is 9. The van der Waals surface area contributed by atoms with E-state index in [9.17, 15) is 18.7 Å². The lowest BCUT2D eigenvalue weighted by molar-refractivity contribution is -0.120. The number of carbonyl (C=O) groups is 1. The second kappa shape index (κ2) is 11.6. The zero-order chi connectivity index (χ0) is 27.6. The Morgan fingerprint density at radius 1 is 1.26 bits per heavy atom. The fourth-order valence-corrected chi connectivity index (χ4v) is 6.72. The van der Waals surface area contributed by atoms with Crippen molar-refractivity contribution >= 4 is 17.7 Å². The van der Waals surface area contributed by atoms with E-state index >= 15 is 0 Å². The first kappa shape index (κ1) is 27.6. The predicted octanol–water partition coefficient (Wildman–Crippen LogP) is 4.12. The van der Waals surface area contributed by atoms with Crippen molar-refractivity contribution in [3.05, 3.63) is 99.7 Å². The summed E-state index contributed by atoms with van der Waals surface area (Å²) in [5.41, 5.74) is 4.58. The van der Waals surface area contributed by atoms with Crippen LogP contribution >= 0.6 is 11.8 Å². The number of aromatic nitrogens is 2. The molecule has 0 bridgehead atoms. The molecule has 9 heteroatoms. The molecule has 1 aromatic heterocycles.